The summed E-state index contributed by atoms with van der Waals surface area (Å²) < 4.78 is 5.99. The number of nitrogens with two attached hydrogens (primary N) is 1. The predicted octanol–water partition coefficient (Wildman–Crippen LogP) is 4.00. The van der Waals surface area contributed by atoms with E-state index in [0.29, 0.717) is 5.92 Å². The number of hydrogen-bond donors (Lipinski definition) is 1. The molecule has 2 atom stereocenters. The summed E-state index contributed by atoms with van der Waals surface area (Å²) in [7, 11) is 0. The largest absolute Gasteiger partial charge is 0.375 e. The van der Waals surface area contributed by atoms with Gasteiger partial charge in [0.25, 0.3) is 0 Å². The van der Waals surface area contributed by atoms with Crippen molar-refractivity contribution in [2.24, 2.45) is 11.7 Å². The Balaban J connectivity index is 1.77. The lowest BCUT2D eigenvalue weighted by Gasteiger charge is -2.48. The molecule has 1 heterocycles. The molecule has 1 aliphatic carbocycles. The molecule has 1 aromatic carbocycles. The molecule has 3 heteroatoms. The van der Waals surface area contributed by atoms with E-state index in [0.717, 1.165) is 24.5 Å². The molecule has 2 nitrogen and oxygen atoms in total. The van der Waals surface area contributed by atoms with E-state index in [2.05, 4.69) is 13.0 Å². The van der Waals surface area contributed by atoms with Crippen LogP contribution in [0.4, 0.5) is 0 Å². The molecule has 3 rings (SSSR count). The third kappa shape index (κ3) is 2.54. The highest BCUT2D eigenvalue weighted by atomic mass is 35.5. The quantitative estimate of drug-likeness (QED) is 0.888. The summed E-state index contributed by atoms with van der Waals surface area (Å²) >= 11 is 6.02. The molecule has 1 aliphatic heterocycles. The van der Waals surface area contributed by atoms with Crippen LogP contribution in [-0.4, -0.2) is 12.2 Å². The first-order valence-corrected chi connectivity index (χ1v) is 7.63. The Morgan fingerprint density at radius 2 is 2.21 bits per heavy atom. The van der Waals surface area contributed by atoms with E-state index >= 15 is 0 Å². The summed E-state index contributed by atoms with van der Waals surface area (Å²) in [6, 6.07) is 6.15. The van der Waals surface area contributed by atoms with Gasteiger partial charge >= 0.3 is 0 Å². The summed E-state index contributed by atoms with van der Waals surface area (Å²) in [4.78, 5) is 0. The number of halogens is 1. The molecule has 104 valence electrons. The smallest absolute Gasteiger partial charge is 0.0686 e. The van der Waals surface area contributed by atoms with Crippen LogP contribution in [0.2, 0.25) is 5.02 Å². The Hall–Kier alpha value is -0.570. The minimum atomic E-state index is 0.110. The lowest BCUT2D eigenvalue weighted by Crippen LogP contribution is -2.47. The van der Waals surface area contributed by atoms with Gasteiger partial charge in [-0.1, -0.05) is 17.7 Å². The van der Waals surface area contributed by atoms with E-state index in [9.17, 15) is 0 Å². The maximum Gasteiger partial charge on any atom is 0.0686 e. The summed E-state index contributed by atoms with van der Waals surface area (Å²) in [5.41, 5.74) is 9.13. The van der Waals surface area contributed by atoms with Crippen molar-refractivity contribution in [2.45, 2.75) is 50.7 Å². The minimum absolute atomic E-state index is 0.110. The maximum absolute atomic E-state index is 6.52. The fourth-order valence-electron chi connectivity index (χ4n) is 3.56. The highest BCUT2D eigenvalue weighted by molar-refractivity contribution is 6.30. The zero-order valence-corrected chi connectivity index (χ0v) is 12.2. The number of rotatable bonds is 2. The Kier molecular flexibility index (Phi) is 3.59. The number of aryl methyl sites for hydroxylation is 1. The van der Waals surface area contributed by atoms with Crippen molar-refractivity contribution >= 4 is 11.6 Å². The Morgan fingerprint density at radius 3 is 2.84 bits per heavy atom. The first-order chi connectivity index (χ1) is 9.10. The zero-order chi connectivity index (χ0) is 13.5. The van der Waals surface area contributed by atoms with Gasteiger partial charge in [0, 0.05) is 17.7 Å². The fourth-order valence-corrected chi connectivity index (χ4v) is 3.79. The van der Waals surface area contributed by atoms with Gasteiger partial charge in [-0.2, -0.15) is 0 Å². The number of benzene rings is 1. The van der Waals surface area contributed by atoms with Crippen molar-refractivity contribution in [2.75, 3.05) is 6.61 Å². The second-order valence-corrected chi connectivity index (χ2v) is 6.60. The van der Waals surface area contributed by atoms with Crippen molar-refractivity contribution in [3.05, 3.63) is 34.3 Å². The van der Waals surface area contributed by atoms with Crippen molar-refractivity contribution in [1.82, 2.24) is 0 Å². The van der Waals surface area contributed by atoms with Crippen LogP contribution < -0.4 is 5.73 Å². The van der Waals surface area contributed by atoms with Crippen molar-refractivity contribution in [1.29, 1.82) is 0 Å². The topological polar surface area (TPSA) is 35.2 Å². The molecule has 2 unspecified atom stereocenters. The van der Waals surface area contributed by atoms with E-state index in [4.69, 9.17) is 22.1 Å². The predicted molar refractivity (Wildman–Crippen MR) is 78.4 cm³/mol. The molecule has 1 saturated heterocycles. The summed E-state index contributed by atoms with van der Waals surface area (Å²) in [5.74, 6) is 0.536. The Labute approximate surface area is 120 Å². The van der Waals surface area contributed by atoms with Crippen LogP contribution in [0.25, 0.3) is 0 Å². The van der Waals surface area contributed by atoms with Crippen LogP contribution in [0.1, 0.15) is 49.3 Å². The van der Waals surface area contributed by atoms with E-state index < -0.39 is 0 Å². The molecule has 0 amide bonds. The molecule has 2 fully saturated rings. The van der Waals surface area contributed by atoms with Crippen molar-refractivity contribution in [3.63, 3.8) is 0 Å². The number of ether oxygens (including phenoxy) is 1. The van der Waals surface area contributed by atoms with E-state index in [-0.39, 0.29) is 11.6 Å². The van der Waals surface area contributed by atoms with Crippen LogP contribution in [-0.2, 0) is 4.74 Å². The second kappa shape index (κ2) is 5.08. The van der Waals surface area contributed by atoms with Gasteiger partial charge in [0.15, 0.2) is 0 Å². The summed E-state index contributed by atoms with van der Waals surface area (Å²) in [6.07, 6.45) is 5.94. The summed E-state index contributed by atoms with van der Waals surface area (Å²) in [6.45, 7) is 2.96. The lowest BCUT2D eigenvalue weighted by atomic mass is 9.69. The Bertz CT molecular complexity index is 470. The molecule has 0 radical (unpaired) electrons. The molecular formula is C16H22ClNO. The Morgan fingerprint density at radius 1 is 1.42 bits per heavy atom. The highest BCUT2D eigenvalue weighted by Gasteiger charge is 2.44. The van der Waals surface area contributed by atoms with E-state index in [1.54, 1.807) is 0 Å². The molecule has 0 aromatic heterocycles. The third-order valence-corrected chi connectivity index (χ3v) is 5.13. The van der Waals surface area contributed by atoms with Crippen LogP contribution >= 0.6 is 11.6 Å². The average Bonchev–Trinajstić information content (AvgIpc) is 2.36. The van der Waals surface area contributed by atoms with Gasteiger partial charge in [-0.3, -0.25) is 0 Å². The molecule has 0 bridgehead atoms. The van der Waals surface area contributed by atoms with Crippen molar-refractivity contribution in [3.8, 4) is 0 Å². The minimum Gasteiger partial charge on any atom is -0.375 e. The average molecular weight is 280 g/mol. The third-order valence-electron chi connectivity index (χ3n) is 4.89. The molecular weight excluding hydrogens is 258 g/mol. The fraction of sp³-hybridized carbons (Fsp3) is 0.625. The van der Waals surface area contributed by atoms with Crippen LogP contribution in [0, 0.1) is 12.8 Å². The van der Waals surface area contributed by atoms with Gasteiger partial charge in [-0.25, -0.2) is 0 Å². The van der Waals surface area contributed by atoms with Gasteiger partial charge < -0.3 is 10.5 Å². The van der Waals surface area contributed by atoms with Gasteiger partial charge in [-0.15, -0.1) is 0 Å². The molecule has 2 N–H and O–H groups in total. The molecule has 1 aromatic rings. The molecule has 1 saturated carbocycles. The van der Waals surface area contributed by atoms with Gasteiger partial charge in [0.2, 0.25) is 0 Å². The lowest BCUT2D eigenvalue weighted by molar-refractivity contribution is -0.146. The molecule has 2 aliphatic rings. The van der Waals surface area contributed by atoms with Crippen LogP contribution in [0.5, 0.6) is 0 Å². The van der Waals surface area contributed by atoms with Crippen molar-refractivity contribution < 1.29 is 4.74 Å². The summed E-state index contributed by atoms with van der Waals surface area (Å²) in [5, 5.41) is 0.788. The SMILES string of the molecule is Cc1cc(Cl)ccc1C(N)C1CCOC2(CCC2)C1. The van der Waals surface area contributed by atoms with Gasteiger partial charge in [-0.05, 0) is 68.2 Å². The van der Waals surface area contributed by atoms with E-state index in [1.807, 2.05) is 12.1 Å². The monoisotopic (exact) mass is 279 g/mol. The maximum atomic E-state index is 6.52. The number of hydrogen-bond acceptors (Lipinski definition) is 2. The van der Waals surface area contributed by atoms with Gasteiger partial charge in [0.1, 0.15) is 0 Å². The molecule has 19 heavy (non-hydrogen) atoms. The highest BCUT2D eigenvalue weighted by Crippen LogP contribution is 2.46. The van der Waals surface area contributed by atoms with E-state index in [1.165, 1.54) is 30.4 Å². The van der Waals surface area contributed by atoms with Crippen LogP contribution in [0.3, 0.4) is 0 Å². The standard InChI is InChI=1S/C16H22ClNO/c1-11-9-13(17)3-4-14(11)15(18)12-5-8-19-16(10-12)6-2-7-16/h3-4,9,12,15H,2,5-8,10,18H2,1H3. The normalized spacial score (nSPS) is 27.0. The second-order valence-electron chi connectivity index (χ2n) is 6.16. The first kappa shape index (κ1) is 13.4. The zero-order valence-electron chi connectivity index (χ0n) is 11.5. The first-order valence-electron chi connectivity index (χ1n) is 7.25. The molecule has 1 spiro atoms. The van der Waals surface area contributed by atoms with Crippen LogP contribution in [0.15, 0.2) is 18.2 Å². The van der Waals surface area contributed by atoms with Gasteiger partial charge in [0.05, 0.1) is 5.60 Å².